The van der Waals surface area contributed by atoms with Gasteiger partial charge in [-0.2, -0.15) is 0 Å². The van der Waals surface area contributed by atoms with Gasteiger partial charge in [0.2, 0.25) is 0 Å². The Labute approximate surface area is 122 Å². The minimum atomic E-state index is 0.203. The quantitative estimate of drug-likeness (QED) is 0.831. The van der Waals surface area contributed by atoms with Crippen LogP contribution in [-0.2, 0) is 0 Å². The highest BCUT2D eigenvalue weighted by Crippen LogP contribution is 2.31. The summed E-state index contributed by atoms with van der Waals surface area (Å²) in [4.78, 5) is 0. The van der Waals surface area contributed by atoms with Gasteiger partial charge >= 0.3 is 0 Å². The minimum absolute atomic E-state index is 0.203. The maximum Gasteiger partial charge on any atom is 0.0579 e. The van der Waals surface area contributed by atoms with E-state index in [0.29, 0.717) is 0 Å². The van der Waals surface area contributed by atoms with Crippen molar-refractivity contribution in [2.45, 2.75) is 33.7 Å². The smallest absolute Gasteiger partial charge is 0.0579 e. The van der Waals surface area contributed by atoms with Gasteiger partial charge < -0.3 is 11.1 Å². The first kappa shape index (κ1) is 14.6. The Morgan fingerprint density at radius 3 is 1.85 bits per heavy atom. The van der Waals surface area contributed by atoms with E-state index in [0.717, 1.165) is 5.69 Å². The lowest BCUT2D eigenvalue weighted by Gasteiger charge is -2.24. The van der Waals surface area contributed by atoms with Gasteiger partial charge in [-0.1, -0.05) is 18.2 Å². The number of hydrogen-bond donors (Lipinski definition) is 2. The molecule has 0 aromatic heterocycles. The normalized spacial score (nSPS) is 12.4. The van der Waals surface area contributed by atoms with Crippen LogP contribution < -0.4 is 11.1 Å². The fourth-order valence-corrected chi connectivity index (χ4v) is 2.85. The van der Waals surface area contributed by atoms with Crippen molar-refractivity contribution in [2.75, 3.05) is 12.8 Å². The summed E-state index contributed by atoms with van der Waals surface area (Å²) in [6.07, 6.45) is 0. The van der Waals surface area contributed by atoms with Gasteiger partial charge in [-0.15, -0.1) is 0 Å². The first-order valence-corrected chi connectivity index (χ1v) is 7.05. The van der Waals surface area contributed by atoms with Gasteiger partial charge in [0, 0.05) is 5.69 Å². The Hall–Kier alpha value is -1.80. The molecule has 0 spiro atoms. The summed E-state index contributed by atoms with van der Waals surface area (Å²) in [6.45, 7) is 8.78. The predicted octanol–water partition coefficient (Wildman–Crippen LogP) is 3.81. The zero-order valence-corrected chi connectivity index (χ0v) is 13.0. The maximum atomic E-state index is 5.79. The Kier molecular flexibility index (Phi) is 4.15. The molecule has 2 aromatic rings. The molecule has 2 heteroatoms. The Morgan fingerprint density at radius 1 is 0.900 bits per heavy atom. The standard InChI is InChI=1S/C18H24N2/c1-11-10-12(2)14(4)17(13(11)3)18(20-5)15-6-8-16(19)9-7-15/h6-10,18,20H,19H2,1-5H3. The van der Waals surface area contributed by atoms with Gasteiger partial charge in [-0.05, 0) is 80.3 Å². The third-order valence-corrected chi connectivity index (χ3v) is 4.27. The molecule has 0 bridgehead atoms. The fraction of sp³-hybridized carbons (Fsp3) is 0.333. The molecule has 0 aliphatic heterocycles. The Balaban J connectivity index is 2.60. The monoisotopic (exact) mass is 268 g/mol. The number of nitrogens with two attached hydrogens (primary N) is 1. The second kappa shape index (κ2) is 5.68. The Bertz CT molecular complexity index is 586. The fourth-order valence-electron chi connectivity index (χ4n) is 2.85. The molecule has 2 rings (SSSR count). The number of nitrogens with one attached hydrogen (secondary N) is 1. The molecular weight excluding hydrogens is 244 g/mol. The second-order valence-corrected chi connectivity index (χ2v) is 5.56. The SMILES string of the molecule is CNC(c1ccc(N)cc1)c1c(C)c(C)cc(C)c1C. The number of aryl methyl sites for hydroxylation is 2. The van der Waals surface area contributed by atoms with Crippen LogP contribution in [0.25, 0.3) is 0 Å². The molecule has 2 aromatic carbocycles. The number of anilines is 1. The lowest BCUT2D eigenvalue weighted by molar-refractivity contribution is 0.681. The number of benzene rings is 2. The van der Waals surface area contributed by atoms with Gasteiger partial charge in [-0.25, -0.2) is 0 Å². The van der Waals surface area contributed by atoms with E-state index in [1.165, 1.54) is 33.4 Å². The molecular formula is C18H24N2. The molecule has 0 saturated carbocycles. The summed E-state index contributed by atoms with van der Waals surface area (Å²) in [5, 5.41) is 3.45. The van der Waals surface area contributed by atoms with Gasteiger partial charge in [-0.3, -0.25) is 0 Å². The van der Waals surface area contributed by atoms with Gasteiger partial charge in [0.25, 0.3) is 0 Å². The first-order chi connectivity index (χ1) is 9.45. The molecule has 20 heavy (non-hydrogen) atoms. The molecule has 0 saturated heterocycles. The third-order valence-electron chi connectivity index (χ3n) is 4.27. The summed E-state index contributed by atoms with van der Waals surface area (Å²) in [6, 6.07) is 10.6. The summed E-state index contributed by atoms with van der Waals surface area (Å²) in [5.41, 5.74) is 14.7. The van der Waals surface area contributed by atoms with Gasteiger partial charge in [0.05, 0.1) is 6.04 Å². The van der Waals surface area contributed by atoms with Crippen LogP contribution >= 0.6 is 0 Å². The van der Waals surface area contributed by atoms with Crippen molar-refractivity contribution in [1.29, 1.82) is 0 Å². The van der Waals surface area contributed by atoms with Crippen molar-refractivity contribution in [3.05, 3.63) is 63.7 Å². The minimum Gasteiger partial charge on any atom is -0.399 e. The van der Waals surface area contributed by atoms with E-state index in [1.807, 2.05) is 19.2 Å². The number of hydrogen-bond acceptors (Lipinski definition) is 2. The number of nitrogen functional groups attached to an aromatic ring is 1. The van der Waals surface area contributed by atoms with Gasteiger partial charge in [0.1, 0.15) is 0 Å². The van der Waals surface area contributed by atoms with Crippen LogP contribution in [0.2, 0.25) is 0 Å². The Morgan fingerprint density at radius 2 is 1.40 bits per heavy atom. The molecule has 1 atom stereocenters. The molecule has 0 aliphatic carbocycles. The van der Waals surface area contributed by atoms with Crippen molar-refractivity contribution in [3.8, 4) is 0 Å². The predicted molar refractivity (Wildman–Crippen MR) is 87.1 cm³/mol. The second-order valence-electron chi connectivity index (χ2n) is 5.56. The largest absolute Gasteiger partial charge is 0.399 e. The molecule has 0 amide bonds. The van der Waals surface area contributed by atoms with Crippen molar-refractivity contribution >= 4 is 5.69 Å². The maximum absolute atomic E-state index is 5.79. The van der Waals surface area contributed by atoms with Crippen LogP contribution in [0.15, 0.2) is 30.3 Å². The molecule has 0 fully saturated rings. The first-order valence-electron chi connectivity index (χ1n) is 7.05. The van der Waals surface area contributed by atoms with Crippen LogP contribution in [-0.4, -0.2) is 7.05 Å². The van der Waals surface area contributed by atoms with E-state index >= 15 is 0 Å². The molecule has 0 heterocycles. The van der Waals surface area contributed by atoms with Gasteiger partial charge in [0.15, 0.2) is 0 Å². The van der Waals surface area contributed by atoms with Crippen molar-refractivity contribution in [1.82, 2.24) is 5.32 Å². The average Bonchev–Trinajstić information content (AvgIpc) is 2.43. The summed E-state index contributed by atoms with van der Waals surface area (Å²) < 4.78 is 0. The molecule has 3 N–H and O–H groups in total. The summed E-state index contributed by atoms with van der Waals surface area (Å²) in [7, 11) is 2.01. The highest BCUT2D eigenvalue weighted by Gasteiger charge is 2.18. The third kappa shape index (κ3) is 2.56. The molecule has 0 aliphatic rings. The van der Waals surface area contributed by atoms with Crippen molar-refractivity contribution in [2.24, 2.45) is 0 Å². The van der Waals surface area contributed by atoms with E-state index in [1.54, 1.807) is 0 Å². The lowest BCUT2D eigenvalue weighted by atomic mass is 9.87. The van der Waals surface area contributed by atoms with Crippen LogP contribution in [0.4, 0.5) is 5.69 Å². The molecule has 1 unspecified atom stereocenters. The van der Waals surface area contributed by atoms with Crippen LogP contribution in [0.5, 0.6) is 0 Å². The van der Waals surface area contributed by atoms with Crippen LogP contribution in [0.1, 0.15) is 39.4 Å². The summed E-state index contributed by atoms with van der Waals surface area (Å²) in [5.74, 6) is 0. The zero-order chi connectivity index (χ0) is 14.9. The van der Waals surface area contributed by atoms with Crippen molar-refractivity contribution < 1.29 is 0 Å². The van der Waals surface area contributed by atoms with E-state index in [-0.39, 0.29) is 6.04 Å². The summed E-state index contributed by atoms with van der Waals surface area (Å²) >= 11 is 0. The van der Waals surface area contributed by atoms with Crippen molar-refractivity contribution in [3.63, 3.8) is 0 Å². The van der Waals surface area contributed by atoms with Crippen LogP contribution in [0, 0.1) is 27.7 Å². The average molecular weight is 268 g/mol. The van der Waals surface area contributed by atoms with E-state index < -0.39 is 0 Å². The number of rotatable bonds is 3. The van der Waals surface area contributed by atoms with Crippen LogP contribution in [0.3, 0.4) is 0 Å². The highest BCUT2D eigenvalue weighted by molar-refractivity contribution is 5.50. The van der Waals surface area contributed by atoms with E-state index in [4.69, 9.17) is 5.73 Å². The highest BCUT2D eigenvalue weighted by atomic mass is 14.9. The topological polar surface area (TPSA) is 38.0 Å². The molecule has 2 nitrogen and oxygen atoms in total. The molecule has 0 radical (unpaired) electrons. The van der Waals surface area contributed by atoms with E-state index in [9.17, 15) is 0 Å². The molecule has 106 valence electrons. The zero-order valence-electron chi connectivity index (χ0n) is 13.0. The lowest BCUT2D eigenvalue weighted by Crippen LogP contribution is -2.20. The van der Waals surface area contributed by atoms with E-state index in [2.05, 4.69) is 51.2 Å².